The third kappa shape index (κ3) is 3.29. The summed E-state index contributed by atoms with van der Waals surface area (Å²) in [7, 11) is 0. The summed E-state index contributed by atoms with van der Waals surface area (Å²) in [6, 6.07) is 7.70. The average molecular weight is 325 g/mol. The van der Waals surface area contributed by atoms with Gasteiger partial charge >= 0.3 is 0 Å². The predicted molar refractivity (Wildman–Crippen MR) is 82.6 cm³/mol. The molecule has 22 heavy (non-hydrogen) atoms. The maximum Gasteiger partial charge on any atom is 0.293 e. The summed E-state index contributed by atoms with van der Waals surface area (Å²) < 4.78 is 17.5. The minimum Gasteiger partial charge on any atom is -0.468 e. The number of carbonyl (C=O) groups is 1. The highest BCUT2D eigenvalue weighted by atomic mass is 35.5. The molecule has 4 nitrogen and oxygen atoms in total. The van der Waals surface area contributed by atoms with Gasteiger partial charge in [-0.2, -0.15) is 0 Å². The first-order valence-corrected chi connectivity index (χ1v) is 8.27. The Hall–Kier alpha value is -1.10. The number of rotatable bonds is 5. The molecule has 1 aromatic carbocycles. The van der Waals surface area contributed by atoms with Gasteiger partial charge in [-0.15, -0.1) is 0 Å². The lowest BCUT2D eigenvalue weighted by Gasteiger charge is -2.32. The van der Waals surface area contributed by atoms with Crippen LogP contribution in [0.25, 0.3) is 0 Å². The summed E-state index contributed by atoms with van der Waals surface area (Å²) in [5, 5.41) is 0.685. The second-order valence-corrected chi connectivity index (χ2v) is 6.35. The summed E-state index contributed by atoms with van der Waals surface area (Å²) in [6.07, 6.45) is 5.55. The standard InChI is InChI=1S/C17H21ClO4/c18-14-7-3-2-6-13(14)16-15(8-11-20-12-19)21-17(22-16)9-4-1-5-10-17/h2-3,6-7,12,15-16H,1,4-5,8-11H2/t15-,16-/m0/s1. The van der Waals surface area contributed by atoms with Gasteiger partial charge in [0.2, 0.25) is 0 Å². The van der Waals surface area contributed by atoms with E-state index in [1.807, 2.05) is 24.3 Å². The van der Waals surface area contributed by atoms with Crippen LogP contribution >= 0.6 is 11.6 Å². The zero-order valence-electron chi connectivity index (χ0n) is 12.5. The van der Waals surface area contributed by atoms with E-state index in [9.17, 15) is 4.79 Å². The van der Waals surface area contributed by atoms with Crippen LogP contribution in [0.5, 0.6) is 0 Å². The molecule has 1 saturated carbocycles. The van der Waals surface area contributed by atoms with Gasteiger partial charge in [-0.25, -0.2) is 0 Å². The molecule has 2 fully saturated rings. The molecule has 1 spiro atoms. The van der Waals surface area contributed by atoms with Gasteiger partial charge in [-0.1, -0.05) is 36.2 Å². The van der Waals surface area contributed by atoms with E-state index in [0.29, 0.717) is 24.5 Å². The zero-order chi connectivity index (χ0) is 15.4. The number of hydrogen-bond donors (Lipinski definition) is 0. The van der Waals surface area contributed by atoms with Crippen molar-refractivity contribution >= 4 is 18.1 Å². The molecule has 0 N–H and O–H groups in total. The van der Waals surface area contributed by atoms with Crippen LogP contribution < -0.4 is 0 Å². The van der Waals surface area contributed by atoms with Crippen molar-refractivity contribution in [1.29, 1.82) is 0 Å². The highest BCUT2D eigenvalue weighted by Crippen LogP contribution is 2.48. The molecule has 0 amide bonds. The first-order chi connectivity index (χ1) is 10.7. The Morgan fingerprint density at radius 3 is 2.73 bits per heavy atom. The third-order valence-corrected chi connectivity index (χ3v) is 4.81. The molecule has 120 valence electrons. The fourth-order valence-corrected chi connectivity index (χ4v) is 3.65. The van der Waals surface area contributed by atoms with Gasteiger partial charge in [0.15, 0.2) is 5.79 Å². The van der Waals surface area contributed by atoms with Crippen molar-refractivity contribution in [1.82, 2.24) is 0 Å². The SMILES string of the molecule is O=COCC[C@@H]1OC2(CCCCC2)O[C@H]1c1ccccc1Cl. The zero-order valence-corrected chi connectivity index (χ0v) is 13.3. The molecule has 5 heteroatoms. The molecule has 0 bridgehead atoms. The Labute approximate surface area is 135 Å². The van der Waals surface area contributed by atoms with Crippen LogP contribution in [0.4, 0.5) is 0 Å². The smallest absolute Gasteiger partial charge is 0.293 e. The molecule has 1 saturated heterocycles. The van der Waals surface area contributed by atoms with Crippen molar-refractivity contribution in [2.75, 3.05) is 6.61 Å². The summed E-state index contributed by atoms with van der Waals surface area (Å²) >= 11 is 6.34. The maximum absolute atomic E-state index is 10.4. The summed E-state index contributed by atoms with van der Waals surface area (Å²) in [5.74, 6) is -0.492. The van der Waals surface area contributed by atoms with Gasteiger partial charge < -0.3 is 14.2 Å². The lowest BCUT2D eigenvalue weighted by Crippen LogP contribution is -2.33. The Morgan fingerprint density at radius 2 is 2.00 bits per heavy atom. The Bertz CT molecular complexity index is 513. The summed E-state index contributed by atoms with van der Waals surface area (Å²) in [4.78, 5) is 10.4. The lowest BCUT2D eigenvalue weighted by atomic mass is 9.94. The van der Waals surface area contributed by atoms with Crippen LogP contribution in [0, 0.1) is 0 Å². The van der Waals surface area contributed by atoms with E-state index < -0.39 is 5.79 Å². The second kappa shape index (κ2) is 6.99. The first kappa shape index (κ1) is 15.8. The quantitative estimate of drug-likeness (QED) is 0.606. The molecular weight excluding hydrogens is 304 g/mol. The van der Waals surface area contributed by atoms with E-state index in [2.05, 4.69) is 0 Å². The Morgan fingerprint density at radius 1 is 1.23 bits per heavy atom. The molecule has 1 aliphatic carbocycles. The van der Waals surface area contributed by atoms with Crippen LogP contribution in [0.3, 0.4) is 0 Å². The van der Waals surface area contributed by atoms with Gasteiger partial charge in [0, 0.05) is 29.8 Å². The van der Waals surface area contributed by atoms with Gasteiger partial charge in [0.25, 0.3) is 6.47 Å². The Balaban J connectivity index is 1.80. The molecule has 1 aromatic rings. The second-order valence-electron chi connectivity index (χ2n) is 5.94. The molecular formula is C17H21ClO4. The monoisotopic (exact) mass is 324 g/mol. The topological polar surface area (TPSA) is 44.8 Å². The van der Waals surface area contributed by atoms with Crippen molar-refractivity contribution in [2.24, 2.45) is 0 Å². The predicted octanol–water partition coefficient (Wildman–Crippen LogP) is 4.02. The van der Waals surface area contributed by atoms with Gasteiger partial charge in [-0.3, -0.25) is 4.79 Å². The molecule has 1 aliphatic heterocycles. The van der Waals surface area contributed by atoms with Gasteiger partial charge in [-0.05, 0) is 18.9 Å². The first-order valence-electron chi connectivity index (χ1n) is 7.89. The molecule has 2 aliphatic rings. The van der Waals surface area contributed by atoms with Crippen molar-refractivity contribution in [3.63, 3.8) is 0 Å². The number of ether oxygens (including phenoxy) is 3. The van der Waals surface area contributed by atoms with Gasteiger partial charge in [0.05, 0.1) is 12.7 Å². The number of halogens is 1. The molecule has 1 heterocycles. The minimum absolute atomic E-state index is 0.141. The highest BCUT2D eigenvalue weighted by molar-refractivity contribution is 6.31. The number of carbonyl (C=O) groups excluding carboxylic acids is 1. The van der Waals surface area contributed by atoms with Crippen LogP contribution in [-0.2, 0) is 19.0 Å². The van der Waals surface area contributed by atoms with E-state index in [4.69, 9.17) is 25.8 Å². The maximum atomic E-state index is 10.4. The highest BCUT2D eigenvalue weighted by Gasteiger charge is 2.48. The lowest BCUT2D eigenvalue weighted by molar-refractivity contribution is -0.195. The van der Waals surface area contributed by atoms with E-state index in [0.717, 1.165) is 31.2 Å². The van der Waals surface area contributed by atoms with Crippen LogP contribution in [-0.4, -0.2) is 25.0 Å². The van der Waals surface area contributed by atoms with E-state index in [1.165, 1.54) is 6.42 Å². The average Bonchev–Trinajstić information content (AvgIpc) is 2.87. The summed E-state index contributed by atoms with van der Waals surface area (Å²) in [5.41, 5.74) is 0.947. The van der Waals surface area contributed by atoms with E-state index in [1.54, 1.807) is 0 Å². The van der Waals surface area contributed by atoms with Gasteiger partial charge in [0.1, 0.15) is 6.10 Å². The van der Waals surface area contributed by atoms with Crippen molar-refractivity contribution < 1.29 is 19.0 Å². The van der Waals surface area contributed by atoms with Crippen molar-refractivity contribution in [3.8, 4) is 0 Å². The Kier molecular flexibility index (Phi) is 5.01. The molecule has 0 unspecified atom stereocenters. The summed E-state index contributed by atoms with van der Waals surface area (Å²) in [6.45, 7) is 0.797. The van der Waals surface area contributed by atoms with Crippen molar-refractivity contribution in [2.45, 2.75) is 56.5 Å². The fourth-order valence-electron chi connectivity index (χ4n) is 3.41. The van der Waals surface area contributed by atoms with E-state index in [-0.39, 0.29) is 12.2 Å². The normalized spacial score (nSPS) is 27.0. The molecule has 3 rings (SSSR count). The number of benzene rings is 1. The van der Waals surface area contributed by atoms with Crippen LogP contribution in [0.2, 0.25) is 5.02 Å². The fraction of sp³-hybridized carbons (Fsp3) is 0.588. The molecule has 0 aromatic heterocycles. The molecule has 0 radical (unpaired) electrons. The third-order valence-electron chi connectivity index (χ3n) is 4.46. The van der Waals surface area contributed by atoms with Crippen LogP contribution in [0.1, 0.15) is 50.2 Å². The van der Waals surface area contributed by atoms with E-state index >= 15 is 0 Å². The number of hydrogen-bond acceptors (Lipinski definition) is 4. The largest absolute Gasteiger partial charge is 0.468 e. The van der Waals surface area contributed by atoms with Crippen LogP contribution in [0.15, 0.2) is 24.3 Å². The van der Waals surface area contributed by atoms with Crippen molar-refractivity contribution in [3.05, 3.63) is 34.9 Å². The molecule has 2 atom stereocenters. The minimum atomic E-state index is -0.492.